The quantitative estimate of drug-likeness (QED) is 0.0285. The third-order valence-corrected chi connectivity index (χ3v) is 11.8. The van der Waals surface area contributed by atoms with Crippen molar-refractivity contribution in [3.05, 3.63) is 23.8 Å². The second-order valence-corrected chi connectivity index (χ2v) is 16.5. The molecule has 9 N–H and O–H groups in total. The molecule has 5 rings (SSSR count). The number of aromatic nitrogens is 9. The van der Waals surface area contributed by atoms with E-state index in [0.29, 0.717) is 128 Å². The van der Waals surface area contributed by atoms with E-state index in [1.54, 1.807) is 15.8 Å². The Balaban J connectivity index is 0.0000101. The summed E-state index contributed by atoms with van der Waals surface area (Å²) in [6, 6.07) is -2.58. The third kappa shape index (κ3) is 16.1. The number of rotatable bonds is 29. The number of hydrogen-bond acceptors (Lipinski definition) is 20. The van der Waals surface area contributed by atoms with Crippen LogP contribution in [0, 0.1) is 18.3 Å². The minimum absolute atomic E-state index is 0. The van der Waals surface area contributed by atoms with E-state index in [0.717, 1.165) is 19.3 Å². The summed E-state index contributed by atoms with van der Waals surface area (Å²) >= 11 is 0. The molecule has 0 spiro atoms. The molecule has 2 unspecified atom stereocenters. The first-order valence-corrected chi connectivity index (χ1v) is 23.1. The normalized spacial score (nSPS) is 16.4. The highest BCUT2D eigenvalue weighted by atomic mass is 35.5. The molecule has 26 heteroatoms. The number of carboxylic acid groups (broad SMARTS) is 1. The summed E-state index contributed by atoms with van der Waals surface area (Å²) in [5.74, 6) is 2.35. The molecule has 0 aliphatic carbocycles. The fraction of sp³-hybridized carbons (Fsp3) is 0.714. The summed E-state index contributed by atoms with van der Waals surface area (Å²) in [5.41, 5.74) is 19.1. The number of aliphatic hydroxyl groups excluding tert-OH is 1. The number of nitrogens with one attached hydrogen (secondary N) is 1. The molecule has 0 bridgehead atoms. The largest absolute Gasteiger partial charge is 1.00 e. The number of ether oxygens (including phenoxy) is 3. The molecular weight excluding hydrogens is 906 g/mol. The molecule has 2 fully saturated rings. The summed E-state index contributed by atoms with van der Waals surface area (Å²) in [4.78, 5) is 61.6. The molecule has 2 aliphatic heterocycles. The number of carbonyl (C=O) groups excluding carboxylic acids is 2. The van der Waals surface area contributed by atoms with Gasteiger partial charge >= 0.3 is 5.97 Å². The van der Waals surface area contributed by atoms with Crippen molar-refractivity contribution in [3.63, 3.8) is 0 Å². The highest BCUT2D eigenvalue weighted by molar-refractivity contribution is 5.81. The third-order valence-electron chi connectivity index (χ3n) is 11.8. The van der Waals surface area contributed by atoms with E-state index >= 15 is 0 Å². The monoisotopic (exact) mass is 975 g/mol. The van der Waals surface area contributed by atoms with Crippen molar-refractivity contribution in [1.82, 2.24) is 54.7 Å². The average Bonchev–Trinajstić information content (AvgIpc) is 4.05. The van der Waals surface area contributed by atoms with Gasteiger partial charge in [-0.05, 0) is 38.1 Å². The van der Waals surface area contributed by atoms with Crippen LogP contribution in [0.1, 0.15) is 87.9 Å². The first-order valence-electron chi connectivity index (χ1n) is 23.1. The standard InChI is InChI=1S/C42H69N17O8.ClH/c1-4-21-65-23-25-67-26-24-66-22-12-46-40-47-41(56-17-13-54(14-18-56)38(63)34(8-6-7-11-43)59-28-33(51-53-59)37(45)30(3)5-2)49-42(48-40)57-19-15-55(16-20-57)39(64)35(9-10-36(61)62)58-27-32(50-52-58)31(44)29-60;/h1,27-28,30-31,34-35,37,60H,5-26,29,43-45H2,2-3H3,(H,61,62)(H,46,47,48,49);1H/p-1/t30-,31?,34+,35+,37?;/m1./s1. The van der Waals surface area contributed by atoms with E-state index in [1.807, 2.05) is 14.7 Å². The van der Waals surface area contributed by atoms with Crippen LogP contribution in [-0.2, 0) is 28.6 Å². The predicted octanol–water partition coefficient (Wildman–Crippen LogP) is -4.03. The number of aliphatic carboxylic acids is 1. The number of halogens is 1. The minimum atomic E-state index is -1.05. The Kier molecular flexibility index (Phi) is 23.5. The zero-order valence-corrected chi connectivity index (χ0v) is 39.9. The molecular formula is C42H69ClN17O8-. The molecule has 25 nitrogen and oxygen atoms in total. The number of anilines is 3. The van der Waals surface area contributed by atoms with Crippen LogP contribution in [-0.4, -0.2) is 194 Å². The Morgan fingerprint density at radius 3 is 1.85 bits per heavy atom. The van der Waals surface area contributed by atoms with Gasteiger partial charge in [-0.2, -0.15) is 15.0 Å². The van der Waals surface area contributed by atoms with E-state index in [-0.39, 0.29) is 67.9 Å². The second kappa shape index (κ2) is 28.9. The van der Waals surface area contributed by atoms with Gasteiger partial charge in [0.15, 0.2) is 0 Å². The molecule has 2 saturated heterocycles. The number of carbonyl (C=O) groups is 3. The zero-order chi connectivity index (χ0) is 48.1. The first-order chi connectivity index (χ1) is 32.5. The van der Waals surface area contributed by atoms with E-state index in [2.05, 4.69) is 45.7 Å². The van der Waals surface area contributed by atoms with Crippen LogP contribution >= 0.6 is 0 Å². The highest BCUT2D eigenvalue weighted by Gasteiger charge is 2.34. The van der Waals surface area contributed by atoms with E-state index < -0.39 is 24.1 Å². The van der Waals surface area contributed by atoms with Crippen molar-refractivity contribution in [2.75, 3.05) is 127 Å². The Morgan fingerprint density at radius 2 is 1.32 bits per heavy atom. The number of aliphatic hydroxyl groups is 1. The van der Waals surface area contributed by atoms with Crippen LogP contribution in [0.4, 0.5) is 17.8 Å². The van der Waals surface area contributed by atoms with Crippen molar-refractivity contribution in [3.8, 4) is 12.3 Å². The molecule has 0 radical (unpaired) electrons. The van der Waals surface area contributed by atoms with Gasteiger partial charge in [0, 0.05) is 65.3 Å². The van der Waals surface area contributed by atoms with E-state index in [9.17, 15) is 24.6 Å². The number of nitrogens with zero attached hydrogens (tertiary/aromatic N) is 13. The van der Waals surface area contributed by atoms with Crippen LogP contribution in [0.5, 0.6) is 0 Å². The van der Waals surface area contributed by atoms with Gasteiger partial charge in [-0.15, -0.1) is 16.6 Å². The minimum Gasteiger partial charge on any atom is -1.00 e. The average molecular weight is 976 g/mol. The molecule has 3 aromatic heterocycles. The van der Waals surface area contributed by atoms with Crippen molar-refractivity contribution in [2.24, 2.45) is 23.1 Å². The van der Waals surface area contributed by atoms with Crippen LogP contribution in [0.25, 0.3) is 0 Å². The highest BCUT2D eigenvalue weighted by Crippen LogP contribution is 2.26. The van der Waals surface area contributed by atoms with Gasteiger partial charge in [-0.3, -0.25) is 14.4 Å². The molecule has 2 amide bonds. The van der Waals surface area contributed by atoms with Gasteiger partial charge in [0.25, 0.3) is 0 Å². The van der Waals surface area contributed by atoms with Gasteiger partial charge < -0.3 is 78.9 Å². The van der Waals surface area contributed by atoms with Crippen LogP contribution in [0.15, 0.2) is 12.4 Å². The van der Waals surface area contributed by atoms with Crippen LogP contribution in [0.3, 0.4) is 0 Å². The number of amides is 2. The maximum absolute atomic E-state index is 14.2. The lowest BCUT2D eigenvalue weighted by Gasteiger charge is -2.38. The van der Waals surface area contributed by atoms with Gasteiger partial charge in [-0.25, -0.2) is 9.36 Å². The summed E-state index contributed by atoms with van der Waals surface area (Å²) in [6.45, 7) is 9.91. The molecule has 68 heavy (non-hydrogen) atoms. The molecule has 5 heterocycles. The summed E-state index contributed by atoms with van der Waals surface area (Å²) in [6.07, 6.45) is 11.2. The zero-order valence-electron chi connectivity index (χ0n) is 39.1. The molecule has 0 saturated carbocycles. The van der Waals surface area contributed by atoms with Crippen molar-refractivity contribution in [2.45, 2.75) is 76.5 Å². The lowest BCUT2D eigenvalue weighted by Crippen LogP contribution is -3.00. The first kappa shape index (κ1) is 55.3. The Labute approximate surface area is 403 Å². The lowest BCUT2D eigenvalue weighted by atomic mass is 9.98. The van der Waals surface area contributed by atoms with Gasteiger partial charge in [0.1, 0.15) is 24.4 Å². The maximum atomic E-state index is 14.2. The number of hydrogen-bond donors (Lipinski definition) is 6. The van der Waals surface area contributed by atoms with E-state index in [1.165, 1.54) is 10.9 Å². The number of carboxylic acids is 1. The van der Waals surface area contributed by atoms with Crippen molar-refractivity contribution >= 4 is 35.6 Å². The fourth-order valence-electron chi connectivity index (χ4n) is 7.52. The van der Waals surface area contributed by atoms with Gasteiger partial charge in [-0.1, -0.05) is 36.6 Å². The van der Waals surface area contributed by atoms with Crippen LogP contribution < -0.4 is 44.7 Å². The predicted molar refractivity (Wildman–Crippen MR) is 245 cm³/mol. The lowest BCUT2D eigenvalue weighted by molar-refractivity contribution is -0.139. The summed E-state index contributed by atoms with van der Waals surface area (Å²) < 4.78 is 19.4. The van der Waals surface area contributed by atoms with E-state index in [4.69, 9.17) is 52.8 Å². The summed E-state index contributed by atoms with van der Waals surface area (Å²) in [5, 5.41) is 39.0. The fourth-order valence-corrected chi connectivity index (χ4v) is 7.52. The molecule has 0 aromatic carbocycles. The Hall–Kier alpha value is -5.33. The molecule has 378 valence electrons. The molecule has 5 atom stereocenters. The van der Waals surface area contributed by atoms with Gasteiger partial charge in [0.2, 0.25) is 29.7 Å². The second-order valence-electron chi connectivity index (χ2n) is 16.5. The van der Waals surface area contributed by atoms with Gasteiger partial charge in [0.05, 0.1) is 69.8 Å². The molecule has 3 aromatic rings. The maximum Gasteiger partial charge on any atom is 0.303 e. The smallest absolute Gasteiger partial charge is 0.303 e. The number of unbranched alkanes of at least 4 members (excludes halogenated alkanes) is 1. The number of terminal acetylenes is 1. The van der Waals surface area contributed by atoms with Crippen LogP contribution in [0.2, 0.25) is 0 Å². The topological polar surface area (TPSA) is 322 Å². The summed E-state index contributed by atoms with van der Waals surface area (Å²) in [7, 11) is 0. The SMILES string of the molecule is C#CCOCCOCCOCCNc1nc(N2CCN(C(=O)[C@H](CCC(=O)O)n3cc(C(N)CO)nn3)CC2)nc(N2CCN(C(=O)[C@H](CCCCN)n3cc(C(N)[C@H](C)CC)nn3)CC2)n1.[Cl-]. The van der Waals surface area contributed by atoms with Crippen molar-refractivity contribution in [1.29, 1.82) is 0 Å². The molecule has 2 aliphatic rings. The van der Waals surface area contributed by atoms with Crippen molar-refractivity contribution < 1.29 is 51.2 Å². The Bertz CT molecular complexity index is 2020. The number of nitrogens with two attached hydrogens (primary N) is 3. The Morgan fingerprint density at radius 1 is 0.794 bits per heavy atom. The number of piperazine rings is 2.